The molecule has 0 bridgehead atoms. The van der Waals surface area contributed by atoms with Gasteiger partial charge in [-0.3, -0.25) is 20.2 Å². The highest BCUT2D eigenvalue weighted by Gasteiger charge is 2.18. The number of hydrogen-bond donors (Lipinski definition) is 1. The molecule has 1 aromatic rings. The van der Waals surface area contributed by atoms with Crippen LogP contribution in [-0.2, 0) is 4.79 Å². The fourth-order valence-corrected chi connectivity index (χ4v) is 1.20. The molecule has 6 nitrogen and oxygen atoms in total. The van der Waals surface area contributed by atoms with E-state index in [1.807, 2.05) is 0 Å². The molecule has 76 valence electrons. The Labute approximate surface area is 79.7 Å². The molecular formula is C5H3F2N3O3S. The highest BCUT2D eigenvalue weighted by molar-refractivity contribution is 7.18. The van der Waals surface area contributed by atoms with E-state index in [9.17, 15) is 23.7 Å². The van der Waals surface area contributed by atoms with Crippen LogP contribution in [0.2, 0.25) is 0 Å². The van der Waals surface area contributed by atoms with Crippen LogP contribution in [0.25, 0.3) is 0 Å². The number of amides is 1. The van der Waals surface area contributed by atoms with Gasteiger partial charge in [0.05, 0.1) is 4.92 Å². The summed E-state index contributed by atoms with van der Waals surface area (Å²) in [5.74, 6) is -1.53. The average molecular weight is 223 g/mol. The largest absolute Gasteiger partial charge is 0.345 e. The quantitative estimate of drug-likeness (QED) is 0.617. The molecule has 1 N–H and O–H groups in total. The molecule has 0 aliphatic heterocycles. The zero-order chi connectivity index (χ0) is 10.7. The highest BCUT2D eigenvalue weighted by atomic mass is 32.1. The average Bonchev–Trinajstić information content (AvgIpc) is 2.52. The molecule has 0 saturated carbocycles. The van der Waals surface area contributed by atoms with E-state index in [1.165, 1.54) is 0 Å². The van der Waals surface area contributed by atoms with Crippen molar-refractivity contribution >= 4 is 27.4 Å². The van der Waals surface area contributed by atoms with Crippen LogP contribution in [0.4, 0.5) is 18.9 Å². The Bertz CT molecular complexity index is 367. The predicted octanol–water partition coefficient (Wildman–Crippen LogP) is 1.25. The third-order valence-electron chi connectivity index (χ3n) is 1.10. The van der Waals surface area contributed by atoms with Crippen molar-refractivity contribution in [3.63, 3.8) is 0 Å². The van der Waals surface area contributed by atoms with Crippen LogP contribution < -0.4 is 5.32 Å². The number of nitrogens with zero attached hydrogens (tertiary/aromatic N) is 2. The molecule has 0 spiro atoms. The van der Waals surface area contributed by atoms with Crippen LogP contribution in [0, 0.1) is 10.1 Å². The molecule has 0 atom stereocenters. The molecule has 0 radical (unpaired) electrons. The first-order chi connectivity index (χ1) is 6.50. The minimum absolute atomic E-state index is 0.220. The Morgan fingerprint density at radius 3 is 2.79 bits per heavy atom. The SMILES string of the molecule is O=C(Nc1ncc([N+](=O)[O-])s1)C(F)F. The van der Waals surface area contributed by atoms with E-state index < -0.39 is 17.3 Å². The molecule has 1 rings (SSSR count). The Morgan fingerprint density at radius 2 is 2.36 bits per heavy atom. The minimum atomic E-state index is -3.17. The maximum atomic E-state index is 11.7. The van der Waals surface area contributed by atoms with Gasteiger partial charge in [-0.2, -0.15) is 8.78 Å². The molecule has 9 heteroatoms. The Kier molecular flexibility index (Phi) is 3.02. The lowest BCUT2D eigenvalue weighted by atomic mass is 10.6. The van der Waals surface area contributed by atoms with E-state index in [0.717, 1.165) is 6.20 Å². The van der Waals surface area contributed by atoms with Crippen molar-refractivity contribution in [2.75, 3.05) is 5.32 Å². The minimum Gasteiger partial charge on any atom is -0.297 e. The molecule has 0 fully saturated rings. The van der Waals surface area contributed by atoms with Crippen molar-refractivity contribution < 1.29 is 18.5 Å². The van der Waals surface area contributed by atoms with Crippen LogP contribution >= 0.6 is 11.3 Å². The number of nitro groups is 1. The lowest BCUT2D eigenvalue weighted by molar-refractivity contribution is -0.380. The number of alkyl halides is 2. The first-order valence-corrected chi connectivity index (χ1v) is 4.01. The normalized spacial score (nSPS) is 10.2. The van der Waals surface area contributed by atoms with E-state index in [2.05, 4.69) is 4.98 Å². The third-order valence-corrected chi connectivity index (χ3v) is 1.97. The zero-order valence-corrected chi connectivity index (χ0v) is 7.25. The van der Waals surface area contributed by atoms with E-state index in [1.54, 1.807) is 5.32 Å². The summed E-state index contributed by atoms with van der Waals surface area (Å²) < 4.78 is 23.4. The van der Waals surface area contributed by atoms with Gasteiger partial charge in [-0.15, -0.1) is 0 Å². The fourth-order valence-electron chi connectivity index (χ4n) is 0.568. The van der Waals surface area contributed by atoms with Crippen LogP contribution in [0.5, 0.6) is 0 Å². The van der Waals surface area contributed by atoms with Crippen LogP contribution in [0.15, 0.2) is 6.20 Å². The summed E-state index contributed by atoms with van der Waals surface area (Å²) >= 11 is 0.511. The van der Waals surface area contributed by atoms with E-state index >= 15 is 0 Å². The van der Waals surface area contributed by atoms with Gasteiger partial charge < -0.3 is 0 Å². The zero-order valence-electron chi connectivity index (χ0n) is 6.44. The van der Waals surface area contributed by atoms with Crippen molar-refractivity contribution in [3.05, 3.63) is 16.3 Å². The summed E-state index contributed by atoms with van der Waals surface area (Å²) in [5.41, 5.74) is 0. The van der Waals surface area contributed by atoms with Gasteiger partial charge >= 0.3 is 11.4 Å². The topological polar surface area (TPSA) is 85.1 Å². The lowest BCUT2D eigenvalue weighted by Gasteiger charge is -1.97. The van der Waals surface area contributed by atoms with E-state index in [-0.39, 0.29) is 10.1 Å². The first kappa shape index (κ1) is 10.4. The van der Waals surface area contributed by atoms with Gasteiger partial charge in [0.25, 0.3) is 5.91 Å². The Hall–Kier alpha value is -1.64. The summed E-state index contributed by atoms with van der Waals surface area (Å²) in [5, 5.41) is 11.3. The van der Waals surface area contributed by atoms with Gasteiger partial charge in [0.1, 0.15) is 6.20 Å². The van der Waals surface area contributed by atoms with Gasteiger partial charge in [0.2, 0.25) is 0 Å². The second-order valence-corrected chi connectivity index (χ2v) is 3.06. The van der Waals surface area contributed by atoms with Crippen molar-refractivity contribution in [2.24, 2.45) is 0 Å². The van der Waals surface area contributed by atoms with Gasteiger partial charge in [-0.1, -0.05) is 0 Å². The van der Waals surface area contributed by atoms with Gasteiger partial charge in [0.15, 0.2) is 5.13 Å². The van der Waals surface area contributed by atoms with Crippen LogP contribution in [0.1, 0.15) is 0 Å². The van der Waals surface area contributed by atoms with Crippen molar-refractivity contribution in [2.45, 2.75) is 6.43 Å². The molecule has 1 amide bonds. The standard InChI is InChI=1S/C5H3F2N3O3S/c6-3(7)4(11)9-5-8-1-2(14-5)10(12)13/h1,3H,(H,8,9,11). The molecule has 14 heavy (non-hydrogen) atoms. The van der Waals surface area contributed by atoms with E-state index in [0.29, 0.717) is 11.3 Å². The molecule has 0 unspecified atom stereocenters. The maximum Gasteiger partial charge on any atom is 0.345 e. The number of hydrogen-bond acceptors (Lipinski definition) is 5. The highest BCUT2D eigenvalue weighted by Crippen LogP contribution is 2.24. The summed E-state index contributed by atoms with van der Waals surface area (Å²) in [6.07, 6.45) is -2.29. The number of rotatable bonds is 3. The number of aromatic nitrogens is 1. The van der Waals surface area contributed by atoms with Crippen molar-refractivity contribution in [3.8, 4) is 0 Å². The van der Waals surface area contributed by atoms with Gasteiger partial charge in [-0.05, 0) is 11.3 Å². The summed E-state index contributed by atoms with van der Waals surface area (Å²) in [6, 6.07) is 0. The van der Waals surface area contributed by atoms with Crippen molar-refractivity contribution in [1.82, 2.24) is 4.98 Å². The molecule has 0 aliphatic carbocycles. The second-order valence-electron chi connectivity index (χ2n) is 2.05. The lowest BCUT2D eigenvalue weighted by Crippen LogP contribution is -2.19. The number of halogens is 2. The van der Waals surface area contributed by atoms with Gasteiger partial charge in [0, 0.05) is 0 Å². The monoisotopic (exact) mass is 223 g/mol. The number of carbonyl (C=O) groups is 1. The molecule has 1 heterocycles. The molecule has 0 aliphatic rings. The number of thiazole rings is 1. The fraction of sp³-hybridized carbons (Fsp3) is 0.200. The Morgan fingerprint density at radius 1 is 1.71 bits per heavy atom. The van der Waals surface area contributed by atoms with Crippen LogP contribution in [-0.4, -0.2) is 22.2 Å². The first-order valence-electron chi connectivity index (χ1n) is 3.20. The molecule has 0 aromatic carbocycles. The molecule has 1 aromatic heterocycles. The summed E-state index contributed by atoms with van der Waals surface area (Å²) in [7, 11) is 0. The number of carbonyl (C=O) groups excluding carboxylic acids is 1. The third kappa shape index (κ3) is 2.42. The smallest absolute Gasteiger partial charge is 0.297 e. The Balaban J connectivity index is 2.69. The van der Waals surface area contributed by atoms with Gasteiger partial charge in [-0.25, -0.2) is 4.98 Å². The summed E-state index contributed by atoms with van der Waals surface area (Å²) in [6.45, 7) is 0. The molecule has 0 saturated heterocycles. The maximum absolute atomic E-state index is 11.7. The van der Waals surface area contributed by atoms with E-state index in [4.69, 9.17) is 0 Å². The van der Waals surface area contributed by atoms with Crippen LogP contribution in [0.3, 0.4) is 0 Å². The summed E-state index contributed by atoms with van der Waals surface area (Å²) in [4.78, 5) is 23.2. The number of nitrogens with one attached hydrogen (secondary N) is 1. The van der Waals surface area contributed by atoms with Crippen molar-refractivity contribution in [1.29, 1.82) is 0 Å². The predicted molar refractivity (Wildman–Crippen MR) is 43.4 cm³/mol. The number of anilines is 1. The molecular weight excluding hydrogens is 220 g/mol. The second kappa shape index (κ2) is 4.05.